The summed E-state index contributed by atoms with van der Waals surface area (Å²) in [6, 6.07) is 0.411. The highest BCUT2D eigenvalue weighted by molar-refractivity contribution is 4.92. The summed E-state index contributed by atoms with van der Waals surface area (Å²) in [4.78, 5) is 4.54. The highest BCUT2D eigenvalue weighted by Crippen LogP contribution is 2.16. The van der Waals surface area contributed by atoms with Gasteiger partial charge in [-0.15, -0.1) is 0 Å². The smallest absolute Gasteiger partial charge is 0.228 e. The Hall–Kier alpha value is -0.940. The second-order valence-electron chi connectivity index (χ2n) is 6.39. The molecular weight excluding hydrogens is 266 g/mol. The summed E-state index contributed by atoms with van der Waals surface area (Å²) in [6.07, 6.45) is 6.50. The average Bonchev–Trinajstić information content (AvgIpc) is 2.86. The standard InChI is InChI=1S/C16H29N3O2/c1-4-17-13(9-12(2)3)10-16-18-15(19-21-16)11-14-7-5-6-8-20-14/h12-14,17H,4-11H2,1-3H3. The van der Waals surface area contributed by atoms with Crippen molar-refractivity contribution in [1.29, 1.82) is 0 Å². The van der Waals surface area contributed by atoms with Gasteiger partial charge in [0.25, 0.3) is 0 Å². The van der Waals surface area contributed by atoms with E-state index in [-0.39, 0.29) is 6.10 Å². The Morgan fingerprint density at radius 3 is 2.86 bits per heavy atom. The predicted molar refractivity (Wildman–Crippen MR) is 82.2 cm³/mol. The molecule has 0 bridgehead atoms. The molecule has 5 heteroatoms. The lowest BCUT2D eigenvalue weighted by molar-refractivity contribution is 0.0153. The SMILES string of the molecule is CCNC(Cc1nc(CC2CCCCO2)no1)CC(C)C. The highest BCUT2D eigenvalue weighted by atomic mass is 16.5. The molecular formula is C16H29N3O2. The van der Waals surface area contributed by atoms with Gasteiger partial charge in [0.1, 0.15) is 0 Å². The van der Waals surface area contributed by atoms with E-state index in [1.54, 1.807) is 0 Å². The average molecular weight is 295 g/mol. The molecule has 2 atom stereocenters. The van der Waals surface area contributed by atoms with Gasteiger partial charge in [-0.2, -0.15) is 4.98 Å². The Balaban J connectivity index is 1.85. The van der Waals surface area contributed by atoms with E-state index >= 15 is 0 Å². The summed E-state index contributed by atoms with van der Waals surface area (Å²) in [5.74, 6) is 2.19. The zero-order valence-electron chi connectivity index (χ0n) is 13.6. The van der Waals surface area contributed by atoms with Gasteiger partial charge >= 0.3 is 0 Å². The zero-order chi connectivity index (χ0) is 15.1. The molecule has 1 fully saturated rings. The maximum absolute atomic E-state index is 5.73. The van der Waals surface area contributed by atoms with E-state index in [4.69, 9.17) is 9.26 Å². The van der Waals surface area contributed by atoms with Crippen LogP contribution >= 0.6 is 0 Å². The van der Waals surface area contributed by atoms with E-state index in [0.29, 0.717) is 12.0 Å². The number of likely N-dealkylation sites (N-methyl/N-ethyl adjacent to an activating group) is 1. The first-order valence-electron chi connectivity index (χ1n) is 8.33. The summed E-state index contributed by atoms with van der Waals surface area (Å²) >= 11 is 0. The molecule has 1 saturated heterocycles. The van der Waals surface area contributed by atoms with Gasteiger partial charge in [0, 0.05) is 25.5 Å². The first-order valence-corrected chi connectivity index (χ1v) is 8.33. The van der Waals surface area contributed by atoms with E-state index in [1.165, 1.54) is 12.8 Å². The topological polar surface area (TPSA) is 60.2 Å². The Kier molecular flexibility index (Phi) is 6.64. The molecule has 2 unspecified atom stereocenters. The molecule has 1 aliphatic rings. The first kappa shape index (κ1) is 16.4. The van der Waals surface area contributed by atoms with Crippen LogP contribution in [0.3, 0.4) is 0 Å². The quantitative estimate of drug-likeness (QED) is 0.799. The molecule has 1 aromatic rings. The summed E-state index contributed by atoms with van der Waals surface area (Å²) in [5, 5.41) is 7.61. The summed E-state index contributed by atoms with van der Waals surface area (Å²) in [5.41, 5.74) is 0. The van der Waals surface area contributed by atoms with Crippen LogP contribution < -0.4 is 5.32 Å². The Labute approximate surface area is 127 Å². The Bertz CT molecular complexity index is 400. The van der Waals surface area contributed by atoms with Crippen molar-refractivity contribution >= 4 is 0 Å². The third-order valence-corrected chi connectivity index (χ3v) is 3.86. The van der Waals surface area contributed by atoms with E-state index in [1.807, 2.05) is 0 Å². The molecule has 0 aromatic carbocycles. The number of nitrogens with zero attached hydrogens (tertiary/aromatic N) is 2. The lowest BCUT2D eigenvalue weighted by atomic mass is 10.0. The number of rotatable bonds is 8. The molecule has 1 N–H and O–H groups in total. The minimum atomic E-state index is 0.268. The van der Waals surface area contributed by atoms with E-state index in [9.17, 15) is 0 Å². The molecule has 21 heavy (non-hydrogen) atoms. The molecule has 5 nitrogen and oxygen atoms in total. The molecule has 0 amide bonds. The minimum Gasteiger partial charge on any atom is -0.378 e. The lowest BCUT2D eigenvalue weighted by Gasteiger charge is -2.20. The van der Waals surface area contributed by atoms with Crippen LogP contribution in [0.1, 0.15) is 58.2 Å². The molecule has 0 radical (unpaired) electrons. The number of hydrogen-bond donors (Lipinski definition) is 1. The van der Waals surface area contributed by atoms with Crippen molar-refractivity contribution in [3.05, 3.63) is 11.7 Å². The van der Waals surface area contributed by atoms with E-state index in [0.717, 1.165) is 50.6 Å². The number of aromatic nitrogens is 2. The number of nitrogens with one attached hydrogen (secondary N) is 1. The molecule has 0 aliphatic carbocycles. The molecule has 0 saturated carbocycles. The van der Waals surface area contributed by atoms with Crippen LogP contribution in [0.4, 0.5) is 0 Å². The van der Waals surface area contributed by atoms with Crippen LogP contribution in [0.5, 0.6) is 0 Å². The van der Waals surface area contributed by atoms with Crippen LogP contribution in [0, 0.1) is 5.92 Å². The maximum atomic E-state index is 5.73. The Morgan fingerprint density at radius 1 is 1.33 bits per heavy atom. The van der Waals surface area contributed by atoms with Crippen LogP contribution in [0.25, 0.3) is 0 Å². The molecule has 0 spiro atoms. The van der Waals surface area contributed by atoms with Gasteiger partial charge in [0.2, 0.25) is 5.89 Å². The molecule has 1 aromatic heterocycles. The largest absolute Gasteiger partial charge is 0.378 e. The highest BCUT2D eigenvalue weighted by Gasteiger charge is 2.19. The lowest BCUT2D eigenvalue weighted by Crippen LogP contribution is -2.32. The zero-order valence-corrected chi connectivity index (χ0v) is 13.6. The van der Waals surface area contributed by atoms with Crippen LogP contribution in [-0.2, 0) is 17.6 Å². The fraction of sp³-hybridized carbons (Fsp3) is 0.875. The van der Waals surface area contributed by atoms with Crippen molar-refractivity contribution in [3.8, 4) is 0 Å². The van der Waals surface area contributed by atoms with Gasteiger partial charge in [-0.05, 0) is 38.1 Å². The van der Waals surface area contributed by atoms with E-state index in [2.05, 4.69) is 36.2 Å². The molecule has 2 heterocycles. The van der Waals surface area contributed by atoms with Crippen molar-refractivity contribution in [1.82, 2.24) is 15.5 Å². The summed E-state index contributed by atoms with van der Waals surface area (Å²) in [6.45, 7) is 8.45. The van der Waals surface area contributed by atoms with Crippen molar-refractivity contribution in [2.75, 3.05) is 13.2 Å². The third-order valence-electron chi connectivity index (χ3n) is 3.86. The Morgan fingerprint density at radius 2 is 2.19 bits per heavy atom. The van der Waals surface area contributed by atoms with Crippen molar-refractivity contribution in [2.45, 2.75) is 71.4 Å². The molecule has 120 valence electrons. The second kappa shape index (κ2) is 8.49. The van der Waals surface area contributed by atoms with Crippen LogP contribution in [0.15, 0.2) is 4.52 Å². The van der Waals surface area contributed by atoms with Gasteiger partial charge in [-0.3, -0.25) is 0 Å². The summed E-state index contributed by atoms with van der Waals surface area (Å²) < 4.78 is 11.1. The van der Waals surface area contributed by atoms with Gasteiger partial charge in [0.05, 0.1) is 6.10 Å². The van der Waals surface area contributed by atoms with Crippen molar-refractivity contribution < 1.29 is 9.26 Å². The van der Waals surface area contributed by atoms with Gasteiger partial charge in [0.15, 0.2) is 5.82 Å². The normalized spacial score (nSPS) is 20.9. The second-order valence-corrected chi connectivity index (χ2v) is 6.39. The third kappa shape index (κ3) is 5.75. The van der Waals surface area contributed by atoms with E-state index < -0.39 is 0 Å². The minimum absolute atomic E-state index is 0.268. The fourth-order valence-corrected chi connectivity index (χ4v) is 2.94. The summed E-state index contributed by atoms with van der Waals surface area (Å²) in [7, 11) is 0. The number of ether oxygens (including phenoxy) is 1. The predicted octanol–water partition coefficient (Wildman–Crippen LogP) is 2.75. The van der Waals surface area contributed by atoms with Gasteiger partial charge in [-0.25, -0.2) is 0 Å². The van der Waals surface area contributed by atoms with Crippen LogP contribution in [-0.4, -0.2) is 35.4 Å². The van der Waals surface area contributed by atoms with Crippen molar-refractivity contribution in [2.24, 2.45) is 5.92 Å². The van der Waals surface area contributed by atoms with Crippen molar-refractivity contribution in [3.63, 3.8) is 0 Å². The maximum Gasteiger partial charge on any atom is 0.228 e. The van der Waals surface area contributed by atoms with Gasteiger partial charge in [-0.1, -0.05) is 25.9 Å². The monoisotopic (exact) mass is 295 g/mol. The number of hydrogen-bond acceptors (Lipinski definition) is 5. The van der Waals surface area contributed by atoms with Gasteiger partial charge < -0.3 is 14.6 Å². The first-order chi connectivity index (χ1) is 10.2. The molecule has 2 rings (SSSR count). The fourth-order valence-electron chi connectivity index (χ4n) is 2.94. The molecule has 1 aliphatic heterocycles. The van der Waals surface area contributed by atoms with Crippen LogP contribution in [0.2, 0.25) is 0 Å².